The molecule has 2 N–H and O–H groups in total. The van der Waals surface area contributed by atoms with Crippen LogP contribution in [0.3, 0.4) is 0 Å². The number of amides is 2. The van der Waals surface area contributed by atoms with Crippen LogP contribution >= 0.6 is 15.9 Å². The van der Waals surface area contributed by atoms with Gasteiger partial charge in [-0.25, -0.2) is 0 Å². The second-order valence-electron chi connectivity index (χ2n) is 5.40. The Hall–Kier alpha value is -2.88. The lowest BCUT2D eigenvalue weighted by atomic mass is 10.2. The van der Waals surface area contributed by atoms with Crippen molar-refractivity contribution in [3.8, 4) is 17.2 Å². The van der Waals surface area contributed by atoms with Crippen molar-refractivity contribution in [1.82, 2.24) is 10.9 Å². The van der Waals surface area contributed by atoms with Gasteiger partial charge in [-0.15, -0.1) is 0 Å². The SMILES string of the molecule is COc1cc(C(=O)NNC(=O)C(C)Oc2cccc(Br)c2)ccc1OC(F)F. The van der Waals surface area contributed by atoms with Gasteiger partial charge in [-0.1, -0.05) is 22.0 Å². The molecule has 0 saturated heterocycles. The lowest BCUT2D eigenvalue weighted by molar-refractivity contribution is -0.128. The van der Waals surface area contributed by atoms with E-state index in [0.717, 1.165) is 4.47 Å². The third-order valence-corrected chi connectivity index (χ3v) is 3.91. The molecular formula is C18H17BrF2N2O5. The minimum Gasteiger partial charge on any atom is -0.493 e. The van der Waals surface area contributed by atoms with Crippen molar-refractivity contribution in [3.63, 3.8) is 0 Å². The Balaban J connectivity index is 1.94. The molecule has 0 aliphatic heterocycles. The van der Waals surface area contributed by atoms with Crippen molar-refractivity contribution in [2.75, 3.05) is 7.11 Å². The molecule has 0 aliphatic carbocycles. The van der Waals surface area contributed by atoms with Crippen LogP contribution in [0.4, 0.5) is 8.78 Å². The van der Waals surface area contributed by atoms with Crippen molar-refractivity contribution in [1.29, 1.82) is 0 Å². The van der Waals surface area contributed by atoms with E-state index < -0.39 is 24.5 Å². The van der Waals surface area contributed by atoms with Gasteiger partial charge in [0, 0.05) is 10.0 Å². The molecule has 0 fully saturated rings. The minimum absolute atomic E-state index is 0.0503. The second kappa shape index (κ2) is 9.88. The lowest BCUT2D eigenvalue weighted by Crippen LogP contribution is -2.47. The summed E-state index contributed by atoms with van der Waals surface area (Å²) >= 11 is 3.30. The molecule has 0 heterocycles. The molecule has 0 radical (unpaired) electrons. The lowest BCUT2D eigenvalue weighted by Gasteiger charge is -2.16. The van der Waals surface area contributed by atoms with Crippen molar-refractivity contribution in [3.05, 3.63) is 52.5 Å². The van der Waals surface area contributed by atoms with E-state index in [0.29, 0.717) is 5.75 Å². The molecule has 28 heavy (non-hydrogen) atoms. The molecule has 1 atom stereocenters. The first-order chi connectivity index (χ1) is 13.3. The molecule has 0 aromatic heterocycles. The number of hydrogen-bond acceptors (Lipinski definition) is 5. The van der Waals surface area contributed by atoms with Gasteiger partial charge in [-0.3, -0.25) is 20.4 Å². The summed E-state index contributed by atoms with van der Waals surface area (Å²) in [5.74, 6) is -1.05. The normalized spacial score (nSPS) is 11.5. The van der Waals surface area contributed by atoms with Crippen LogP contribution < -0.4 is 25.1 Å². The zero-order chi connectivity index (χ0) is 20.7. The zero-order valence-electron chi connectivity index (χ0n) is 14.9. The first kappa shape index (κ1) is 21.4. The van der Waals surface area contributed by atoms with Crippen LogP contribution in [0.1, 0.15) is 17.3 Å². The van der Waals surface area contributed by atoms with E-state index in [-0.39, 0.29) is 17.1 Å². The molecule has 150 valence electrons. The highest BCUT2D eigenvalue weighted by Gasteiger charge is 2.18. The summed E-state index contributed by atoms with van der Waals surface area (Å²) in [6, 6.07) is 10.6. The zero-order valence-corrected chi connectivity index (χ0v) is 16.5. The van der Waals surface area contributed by atoms with Gasteiger partial charge in [0.15, 0.2) is 17.6 Å². The maximum absolute atomic E-state index is 12.3. The maximum Gasteiger partial charge on any atom is 0.387 e. The molecule has 0 saturated carbocycles. The number of carbonyl (C=O) groups is 2. The van der Waals surface area contributed by atoms with E-state index in [2.05, 4.69) is 31.5 Å². The second-order valence-corrected chi connectivity index (χ2v) is 6.32. The van der Waals surface area contributed by atoms with Gasteiger partial charge in [-0.2, -0.15) is 8.78 Å². The van der Waals surface area contributed by atoms with Crippen LogP contribution in [0.2, 0.25) is 0 Å². The average Bonchev–Trinajstić information content (AvgIpc) is 2.65. The predicted molar refractivity (Wildman–Crippen MR) is 99.5 cm³/mol. The fraction of sp³-hybridized carbons (Fsp3) is 0.222. The third-order valence-electron chi connectivity index (χ3n) is 3.42. The van der Waals surface area contributed by atoms with Crippen molar-refractivity contribution >= 4 is 27.7 Å². The monoisotopic (exact) mass is 458 g/mol. The molecule has 0 spiro atoms. The molecule has 1 unspecified atom stereocenters. The molecule has 7 nitrogen and oxygen atoms in total. The number of hydrogen-bond donors (Lipinski definition) is 2. The Morgan fingerprint density at radius 3 is 2.43 bits per heavy atom. The van der Waals surface area contributed by atoms with Crippen LogP contribution in [0.25, 0.3) is 0 Å². The van der Waals surface area contributed by atoms with Gasteiger partial charge in [-0.05, 0) is 43.3 Å². The fourth-order valence-electron chi connectivity index (χ4n) is 2.09. The average molecular weight is 459 g/mol. The number of carbonyl (C=O) groups excluding carboxylic acids is 2. The van der Waals surface area contributed by atoms with Gasteiger partial charge < -0.3 is 14.2 Å². The van der Waals surface area contributed by atoms with Crippen molar-refractivity contribution < 1.29 is 32.6 Å². The highest BCUT2D eigenvalue weighted by molar-refractivity contribution is 9.10. The fourth-order valence-corrected chi connectivity index (χ4v) is 2.47. The standard InChI is InChI=1S/C18H17BrF2N2O5/c1-10(27-13-5-3-4-12(19)9-13)16(24)22-23-17(25)11-6-7-14(28-18(20)21)15(8-11)26-2/h3-10,18H,1-2H3,(H,22,24)(H,23,25). The van der Waals surface area contributed by atoms with E-state index in [4.69, 9.17) is 9.47 Å². The van der Waals surface area contributed by atoms with E-state index in [1.165, 1.54) is 32.2 Å². The first-order valence-electron chi connectivity index (χ1n) is 7.95. The van der Waals surface area contributed by atoms with Gasteiger partial charge >= 0.3 is 6.61 Å². The summed E-state index contributed by atoms with van der Waals surface area (Å²) in [6.07, 6.45) is -0.883. The number of halogens is 3. The van der Waals surface area contributed by atoms with Crippen LogP contribution in [0, 0.1) is 0 Å². The molecule has 2 aromatic rings. The predicted octanol–water partition coefficient (Wildman–Crippen LogP) is 3.29. The number of methoxy groups -OCH3 is 1. The van der Waals surface area contributed by atoms with Crippen molar-refractivity contribution in [2.45, 2.75) is 19.6 Å². The van der Waals surface area contributed by atoms with E-state index in [9.17, 15) is 18.4 Å². The summed E-state index contributed by atoms with van der Waals surface area (Å²) in [6.45, 7) is -1.51. The number of rotatable bonds is 7. The Bertz CT molecular complexity index is 850. The summed E-state index contributed by atoms with van der Waals surface area (Å²) in [4.78, 5) is 24.2. The smallest absolute Gasteiger partial charge is 0.387 e. The molecule has 2 amide bonds. The van der Waals surface area contributed by atoms with E-state index in [1.54, 1.807) is 18.2 Å². The molecular weight excluding hydrogens is 442 g/mol. The number of hydrazine groups is 1. The van der Waals surface area contributed by atoms with Crippen LogP contribution in [0.15, 0.2) is 46.9 Å². The minimum atomic E-state index is -3.03. The van der Waals surface area contributed by atoms with E-state index in [1.807, 2.05) is 6.07 Å². The van der Waals surface area contributed by atoms with Gasteiger partial charge in [0.2, 0.25) is 0 Å². The molecule has 10 heteroatoms. The number of nitrogens with one attached hydrogen (secondary N) is 2. The Morgan fingerprint density at radius 2 is 1.79 bits per heavy atom. The summed E-state index contributed by atoms with van der Waals surface area (Å²) in [7, 11) is 1.25. The summed E-state index contributed by atoms with van der Waals surface area (Å²) < 4.78 is 40.2. The quantitative estimate of drug-likeness (QED) is 0.621. The highest BCUT2D eigenvalue weighted by atomic mass is 79.9. The topological polar surface area (TPSA) is 85.9 Å². The molecule has 0 bridgehead atoms. The number of alkyl halides is 2. The van der Waals surface area contributed by atoms with Gasteiger partial charge in [0.05, 0.1) is 7.11 Å². The first-order valence-corrected chi connectivity index (χ1v) is 8.74. The molecule has 2 rings (SSSR count). The third kappa shape index (κ3) is 6.08. The van der Waals surface area contributed by atoms with Crippen LogP contribution in [-0.2, 0) is 4.79 Å². The Labute approximate surface area is 168 Å². The van der Waals surface area contributed by atoms with Crippen molar-refractivity contribution in [2.24, 2.45) is 0 Å². The van der Waals surface area contributed by atoms with Gasteiger partial charge in [0.25, 0.3) is 11.8 Å². The van der Waals surface area contributed by atoms with E-state index >= 15 is 0 Å². The van der Waals surface area contributed by atoms with Gasteiger partial charge in [0.1, 0.15) is 5.75 Å². The number of ether oxygens (including phenoxy) is 3. The van der Waals surface area contributed by atoms with Crippen LogP contribution in [-0.4, -0.2) is 31.6 Å². The summed E-state index contributed by atoms with van der Waals surface area (Å²) in [5, 5.41) is 0. The van der Waals surface area contributed by atoms with Crippen LogP contribution in [0.5, 0.6) is 17.2 Å². The maximum atomic E-state index is 12.3. The molecule has 0 aliphatic rings. The summed E-state index contributed by atoms with van der Waals surface area (Å²) in [5.41, 5.74) is 4.52. The molecule has 2 aromatic carbocycles. The number of benzene rings is 2. The largest absolute Gasteiger partial charge is 0.493 e. The Kier molecular flexibility index (Phi) is 7.56. The Morgan fingerprint density at radius 1 is 1.04 bits per heavy atom. The highest BCUT2D eigenvalue weighted by Crippen LogP contribution is 2.29.